The quantitative estimate of drug-likeness (QED) is 0.667. The van der Waals surface area contributed by atoms with Crippen molar-refractivity contribution < 1.29 is 9.53 Å². The number of H-pyrrole nitrogens is 1. The van der Waals surface area contributed by atoms with E-state index in [1.165, 1.54) is 6.33 Å². The van der Waals surface area contributed by atoms with Gasteiger partial charge in [-0.25, -0.2) is 4.98 Å². The summed E-state index contributed by atoms with van der Waals surface area (Å²) in [7, 11) is 0. The Balaban J connectivity index is 2.10. The maximum atomic E-state index is 11.8. The van der Waals surface area contributed by atoms with Gasteiger partial charge >= 0.3 is 0 Å². The standard InChI is InChI=1S/C8H12N4O2/c1-6-4-14-3-2-12(6)8(13)7-9-5-10-11-7/h5-6H,2-4H2,1H3,(H,9,10,11)/t6-/m1/s1. The van der Waals surface area contributed by atoms with Crippen molar-refractivity contribution in [1.29, 1.82) is 0 Å². The zero-order valence-electron chi connectivity index (χ0n) is 7.93. The molecule has 1 aromatic heterocycles. The van der Waals surface area contributed by atoms with Gasteiger partial charge < -0.3 is 9.64 Å². The number of rotatable bonds is 1. The van der Waals surface area contributed by atoms with E-state index >= 15 is 0 Å². The Hall–Kier alpha value is -1.43. The molecule has 0 spiro atoms. The molecule has 2 rings (SSSR count). The van der Waals surface area contributed by atoms with Crippen LogP contribution < -0.4 is 0 Å². The lowest BCUT2D eigenvalue weighted by Crippen LogP contribution is -2.47. The maximum Gasteiger partial charge on any atom is 0.291 e. The Bertz CT molecular complexity index is 311. The highest BCUT2D eigenvalue weighted by Crippen LogP contribution is 2.08. The molecule has 6 nitrogen and oxygen atoms in total. The molecule has 1 atom stereocenters. The van der Waals surface area contributed by atoms with Gasteiger partial charge in [-0.05, 0) is 6.92 Å². The molecule has 14 heavy (non-hydrogen) atoms. The first kappa shape index (κ1) is 9.14. The third-order valence-corrected chi connectivity index (χ3v) is 2.25. The minimum absolute atomic E-state index is 0.0985. The third-order valence-electron chi connectivity index (χ3n) is 2.25. The second-order valence-electron chi connectivity index (χ2n) is 3.26. The van der Waals surface area contributed by atoms with Crippen molar-refractivity contribution in [1.82, 2.24) is 20.1 Å². The molecular weight excluding hydrogens is 184 g/mol. The van der Waals surface area contributed by atoms with Crippen LogP contribution in [0.2, 0.25) is 0 Å². The molecule has 76 valence electrons. The van der Waals surface area contributed by atoms with E-state index in [2.05, 4.69) is 15.2 Å². The normalized spacial score (nSPS) is 22.4. The van der Waals surface area contributed by atoms with Crippen LogP contribution in [0, 0.1) is 0 Å². The smallest absolute Gasteiger partial charge is 0.291 e. The van der Waals surface area contributed by atoms with Crippen molar-refractivity contribution in [2.45, 2.75) is 13.0 Å². The zero-order chi connectivity index (χ0) is 9.97. The molecule has 1 fully saturated rings. The first-order valence-corrected chi connectivity index (χ1v) is 4.53. The molecule has 1 aliphatic rings. The van der Waals surface area contributed by atoms with Crippen LogP contribution in [0.1, 0.15) is 17.5 Å². The van der Waals surface area contributed by atoms with Crippen molar-refractivity contribution >= 4 is 5.91 Å². The number of aromatic amines is 1. The summed E-state index contributed by atoms with van der Waals surface area (Å²) < 4.78 is 5.24. The number of amides is 1. The van der Waals surface area contributed by atoms with Crippen LogP contribution in [0.3, 0.4) is 0 Å². The second kappa shape index (κ2) is 3.75. The molecule has 1 saturated heterocycles. The maximum absolute atomic E-state index is 11.8. The largest absolute Gasteiger partial charge is 0.377 e. The average Bonchev–Trinajstić information content (AvgIpc) is 2.70. The predicted molar refractivity (Wildman–Crippen MR) is 47.7 cm³/mol. The van der Waals surface area contributed by atoms with Gasteiger partial charge in [0.05, 0.1) is 19.3 Å². The summed E-state index contributed by atoms with van der Waals surface area (Å²) >= 11 is 0. The number of ether oxygens (including phenoxy) is 1. The van der Waals surface area contributed by atoms with E-state index in [-0.39, 0.29) is 11.9 Å². The van der Waals surface area contributed by atoms with Crippen LogP contribution >= 0.6 is 0 Å². The number of morpholine rings is 1. The van der Waals surface area contributed by atoms with E-state index in [0.29, 0.717) is 25.6 Å². The van der Waals surface area contributed by atoms with Gasteiger partial charge in [-0.1, -0.05) is 0 Å². The van der Waals surface area contributed by atoms with Gasteiger partial charge in [0.1, 0.15) is 6.33 Å². The Labute approximate surface area is 81.3 Å². The van der Waals surface area contributed by atoms with Gasteiger partial charge in [-0.2, -0.15) is 5.10 Å². The zero-order valence-corrected chi connectivity index (χ0v) is 7.93. The molecule has 0 aliphatic carbocycles. The number of hydrogen-bond acceptors (Lipinski definition) is 4. The fourth-order valence-electron chi connectivity index (χ4n) is 1.47. The number of nitrogens with zero attached hydrogens (tertiary/aromatic N) is 3. The molecule has 1 aromatic rings. The Morgan fingerprint density at radius 3 is 3.29 bits per heavy atom. The summed E-state index contributed by atoms with van der Waals surface area (Å²) in [6, 6.07) is 0.0985. The van der Waals surface area contributed by atoms with Crippen molar-refractivity contribution in [3.63, 3.8) is 0 Å². The number of carbonyl (C=O) groups is 1. The first-order chi connectivity index (χ1) is 6.79. The fraction of sp³-hybridized carbons (Fsp3) is 0.625. The molecule has 0 unspecified atom stereocenters. The molecule has 1 amide bonds. The lowest BCUT2D eigenvalue weighted by Gasteiger charge is -2.32. The monoisotopic (exact) mass is 196 g/mol. The number of nitrogens with one attached hydrogen (secondary N) is 1. The van der Waals surface area contributed by atoms with Crippen LogP contribution in [-0.4, -0.2) is 51.8 Å². The molecular formula is C8H12N4O2. The lowest BCUT2D eigenvalue weighted by molar-refractivity contribution is 0.00295. The molecule has 0 aromatic carbocycles. The first-order valence-electron chi connectivity index (χ1n) is 4.53. The summed E-state index contributed by atoms with van der Waals surface area (Å²) in [5.41, 5.74) is 0. The fourth-order valence-corrected chi connectivity index (χ4v) is 1.47. The molecule has 0 radical (unpaired) electrons. The van der Waals surface area contributed by atoms with Crippen molar-refractivity contribution in [3.8, 4) is 0 Å². The van der Waals surface area contributed by atoms with Gasteiger partial charge in [0.2, 0.25) is 5.82 Å². The third kappa shape index (κ3) is 1.60. The topological polar surface area (TPSA) is 71.1 Å². The molecule has 2 heterocycles. The molecule has 6 heteroatoms. The Morgan fingerprint density at radius 1 is 1.79 bits per heavy atom. The van der Waals surface area contributed by atoms with Crippen LogP contribution in [0.5, 0.6) is 0 Å². The van der Waals surface area contributed by atoms with Crippen molar-refractivity contribution in [3.05, 3.63) is 12.2 Å². The minimum Gasteiger partial charge on any atom is -0.377 e. The van der Waals surface area contributed by atoms with E-state index in [9.17, 15) is 4.79 Å². The SMILES string of the molecule is C[C@@H]1COCCN1C(=O)c1ncn[nH]1. The number of aromatic nitrogens is 3. The lowest BCUT2D eigenvalue weighted by atomic mass is 10.2. The summed E-state index contributed by atoms with van der Waals surface area (Å²) in [6.07, 6.45) is 1.33. The Kier molecular flexibility index (Phi) is 2.45. The van der Waals surface area contributed by atoms with E-state index < -0.39 is 0 Å². The highest BCUT2D eigenvalue weighted by Gasteiger charge is 2.26. The summed E-state index contributed by atoms with van der Waals surface area (Å²) in [4.78, 5) is 17.4. The van der Waals surface area contributed by atoms with Gasteiger partial charge in [0, 0.05) is 6.54 Å². The van der Waals surface area contributed by atoms with E-state index in [4.69, 9.17) is 4.74 Å². The van der Waals surface area contributed by atoms with Gasteiger partial charge in [-0.15, -0.1) is 0 Å². The highest BCUT2D eigenvalue weighted by molar-refractivity contribution is 5.90. The number of carbonyl (C=O) groups excluding carboxylic acids is 1. The van der Waals surface area contributed by atoms with Gasteiger partial charge in [0.25, 0.3) is 5.91 Å². The highest BCUT2D eigenvalue weighted by atomic mass is 16.5. The van der Waals surface area contributed by atoms with Crippen LogP contribution in [0.25, 0.3) is 0 Å². The van der Waals surface area contributed by atoms with Crippen molar-refractivity contribution in [2.75, 3.05) is 19.8 Å². The summed E-state index contributed by atoms with van der Waals surface area (Å²) in [6.45, 7) is 3.73. The minimum atomic E-state index is -0.113. The van der Waals surface area contributed by atoms with Crippen LogP contribution in [-0.2, 0) is 4.74 Å². The molecule has 1 N–H and O–H groups in total. The van der Waals surface area contributed by atoms with E-state index in [1.54, 1.807) is 4.90 Å². The molecule has 0 saturated carbocycles. The van der Waals surface area contributed by atoms with E-state index in [1.807, 2.05) is 6.92 Å². The summed E-state index contributed by atoms with van der Waals surface area (Å²) in [5.74, 6) is 0.178. The number of hydrogen-bond donors (Lipinski definition) is 1. The van der Waals surface area contributed by atoms with Crippen molar-refractivity contribution in [2.24, 2.45) is 0 Å². The van der Waals surface area contributed by atoms with Gasteiger partial charge in [0.15, 0.2) is 0 Å². The predicted octanol–water partition coefficient (Wildman–Crippen LogP) is -0.334. The van der Waals surface area contributed by atoms with Crippen LogP contribution in [0.4, 0.5) is 0 Å². The molecule has 1 aliphatic heterocycles. The Morgan fingerprint density at radius 2 is 2.64 bits per heavy atom. The molecule has 0 bridgehead atoms. The average molecular weight is 196 g/mol. The van der Waals surface area contributed by atoms with Gasteiger partial charge in [-0.3, -0.25) is 9.89 Å². The van der Waals surface area contributed by atoms with E-state index in [0.717, 1.165) is 0 Å². The second-order valence-corrected chi connectivity index (χ2v) is 3.26. The van der Waals surface area contributed by atoms with Crippen LogP contribution in [0.15, 0.2) is 6.33 Å². The summed E-state index contributed by atoms with van der Waals surface area (Å²) in [5, 5.41) is 6.21.